The number of esters is 1. The second-order valence-corrected chi connectivity index (χ2v) is 7.25. The average molecular weight is 408 g/mol. The molecule has 26 heavy (non-hydrogen) atoms. The van der Waals surface area contributed by atoms with Gasteiger partial charge in [-0.15, -0.1) is 22.0 Å². The number of hydrogen-bond donors (Lipinski definition) is 1. The van der Waals surface area contributed by atoms with E-state index in [4.69, 9.17) is 16.3 Å². The Kier molecular flexibility index (Phi) is 6.08. The lowest BCUT2D eigenvalue weighted by Crippen LogP contribution is -2.06. The average Bonchev–Trinajstić information content (AvgIpc) is 3.04. The van der Waals surface area contributed by atoms with E-state index < -0.39 is 0 Å². The molecule has 0 amide bonds. The van der Waals surface area contributed by atoms with Crippen molar-refractivity contribution in [3.8, 4) is 5.75 Å². The van der Waals surface area contributed by atoms with Crippen molar-refractivity contribution in [2.45, 2.75) is 11.8 Å². The number of aromatic nitrogens is 1. The number of rotatable bonds is 6. The monoisotopic (exact) mass is 407 g/mol. The molecule has 0 fully saturated rings. The van der Waals surface area contributed by atoms with E-state index in [1.165, 1.54) is 35.4 Å². The predicted octanol–water partition coefficient (Wildman–Crippen LogP) is 5.73. The van der Waals surface area contributed by atoms with Crippen molar-refractivity contribution in [1.82, 2.24) is 4.37 Å². The van der Waals surface area contributed by atoms with Gasteiger partial charge >= 0.3 is 5.97 Å². The van der Waals surface area contributed by atoms with Gasteiger partial charge in [0.1, 0.15) is 11.4 Å². The number of hydrogen-bond acceptors (Lipinski definition) is 8. The van der Waals surface area contributed by atoms with Gasteiger partial charge in [-0.2, -0.15) is 4.37 Å². The third-order valence-corrected chi connectivity index (χ3v) is 5.38. The zero-order chi connectivity index (χ0) is 18.5. The number of azo groups is 1. The minimum absolute atomic E-state index is 0.0831. The molecule has 0 bridgehead atoms. The summed E-state index contributed by atoms with van der Waals surface area (Å²) in [7, 11) is 0. The molecule has 0 aliphatic carbocycles. The quantitative estimate of drug-likeness (QED) is 0.320. The SMILES string of the molecule is CCOC(=O)CSc1cc(O)c(Cl)cc1N=Nc1snc2ccccc12. The topological polar surface area (TPSA) is 84.1 Å². The van der Waals surface area contributed by atoms with Crippen LogP contribution in [0.4, 0.5) is 10.7 Å². The molecule has 3 aromatic rings. The Hall–Kier alpha value is -2.16. The van der Waals surface area contributed by atoms with Gasteiger partial charge in [0.05, 0.1) is 22.9 Å². The number of carbonyl (C=O) groups is 1. The molecule has 0 saturated carbocycles. The third-order valence-electron chi connectivity index (χ3n) is 3.29. The van der Waals surface area contributed by atoms with Crippen LogP contribution in [0.1, 0.15) is 6.92 Å². The van der Waals surface area contributed by atoms with E-state index in [1.54, 1.807) is 6.92 Å². The van der Waals surface area contributed by atoms with Crippen LogP contribution in [0.5, 0.6) is 5.75 Å². The Morgan fingerprint density at radius 2 is 2.15 bits per heavy atom. The number of phenolic OH excluding ortho intramolecular Hbond substituents is 1. The molecule has 0 atom stereocenters. The van der Waals surface area contributed by atoms with Crippen LogP contribution in [-0.2, 0) is 9.53 Å². The Balaban J connectivity index is 1.88. The van der Waals surface area contributed by atoms with Crippen molar-refractivity contribution in [3.05, 3.63) is 41.4 Å². The molecule has 3 rings (SSSR count). The lowest BCUT2D eigenvalue weighted by Gasteiger charge is -2.07. The van der Waals surface area contributed by atoms with Gasteiger partial charge in [0.15, 0.2) is 5.00 Å². The summed E-state index contributed by atoms with van der Waals surface area (Å²) in [6.07, 6.45) is 0. The van der Waals surface area contributed by atoms with E-state index in [0.717, 1.165) is 10.9 Å². The Labute approximate surface area is 163 Å². The van der Waals surface area contributed by atoms with Crippen molar-refractivity contribution in [2.24, 2.45) is 10.2 Å². The third kappa shape index (κ3) is 4.32. The van der Waals surface area contributed by atoms with Crippen LogP contribution < -0.4 is 0 Å². The molecular formula is C17H14ClN3O3S2. The molecule has 0 saturated heterocycles. The highest BCUT2D eigenvalue weighted by Gasteiger charge is 2.12. The standard InChI is InChI=1S/C17H14ClN3O3S2/c1-2-24-16(23)9-25-15-8-14(22)11(18)7-13(15)19-20-17-10-5-3-4-6-12(10)21-26-17/h3-8,22H,2,9H2,1H3. The number of fused-ring (bicyclic) bond motifs is 1. The fraction of sp³-hybridized carbons (Fsp3) is 0.176. The largest absolute Gasteiger partial charge is 0.506 e. The van der Waals surface area contributed by atoms with Crippen molar-refractivity contribution >= 4 is 62.5 Å². The number of carbonyl (C=O) groups excluding carboxylic acids is 1. The van der Waals surface area contributed by atoms with Gasteiger partial charge in [-0.1, -0.05) is 23.7 Å². The lowest BCUT2D eigenvalue weighted by atomic mass is 10.2. The normalized spacial score (nSPS) is 11.3. The summed E-state index contributed by atoms with van der Waals surface area (Å²) in [5.41, 5.74) is 1.31. The summed E-state index contributed by atoms with van der Waals surface area (Å²) in [5, 5.41) is 20.1. The minimum Gasteiger partial charge on any atom is -0.506 e. The van der Waals surface area contributed by atoms with E-state index in [2.05, 4.69) is 14.6 Å². The summed E-state index contributed by atoms with van der Waals surface area (Å²) in [6, 6.07) is 10.6. The highest BCUT2D eigenvalue weighted by molar-refractivity contribution is 8.00. The maximum atomic E-state index is 11.6. The summed E-state index contributed by atoms with van der Waals surface area (Å²) in [4.78, 5) is 12.2. The van der Waals surface area contributed by atoms with E-state index in [1.807, 2.05) is 24.3 Å². The van der Waals surface area contributed by atoms with Crippen LogP contribution in [0.3, 0.4) is 0 Å². The van der Waals surface area contributed by atoms with Gasteiger partial charge in [-0.25, -0.2) is 0 Å². The number of thioether (sulfide) groups is 1. The first kappa shape index (κ1) is 18.6. The number of aromatic hydroxyl groups is 1. The van der Waals surface area contributed by atoms with Crippen LogP contribution >= 0.6 is 34.9 Å². The minimum atomic E-state index is -0.344. The molecule has 1 N–H and O–H groups in total. The fourth-order valence-electron chi connectivity index (χ4n) is 2.11. The van der Waals surface area contributed by atoms with Crippen molar-refractivity contribution in [1.29, 1.82) is 0 Å². The zero-order valence-corrected chi connectivity index (χ0v) is 16.1. The smallest absolute Gasteiger partial charge is 0.316 e. The van der Waals surface area contributed by atoms with E-state index >= 15 is 0 Å². The predicted molar refractivity (Wildman–Crippen MR) is 104 cm³/mol. The summed E-state index contributed by atoms with van der Waals surface area (Å²) < 4.78 is 9.24. The van der Waals surface area contributed by atoms with Gasteiger partial charge in [0, 0.05) is 10.3 Å². The molecule has 1 heterocycles. The highest BCUT2D eigenvalue weighted by Crippen LogP contribution is 2.39. The number of ether oxygens (including phenoxy) is 1. The van der Waals surface area contributed by atoms with Crippen LogP contribution in [0.25, 0.3) is 10.9 Å². The van der Waals surface area contributed by atoms with Gasteiger partial charge < -0.3 is 9.84 Å². The molecule has 2 aromatic carbocycles. The van der Waals surface area contributed by atoms with Crippen LogP contribution in [0.2, 0.25) is 5.02 Å². The van der Waals surface area contributed by atoms with E-state index in [9.17, 15) is 9.90 Å². The van der Waals surface area contributed by atoms with Gasteiger partial charge in [0.25, 0.3) is 0 Å². The lowest BCUT2D eigenvalue weighted by molar-refractivity contribution is -0.139. The van der Waals surface area contributed by atoms with Crippen LogP contribution in [0, 0.1) is 0 Å². The molecule has 134 valence electrons. The molecule has 0 spiro atoms. The fourth-order valence-corrected chi connectivity index (χ4v) is 3.76. The van der Waals surface area contributed by atoms with Crippen molar-refractivity contribution < 1.29 is 14.6 Å². The maximum Gasteiger partial charge on any atom is 0.316 e. The first-order chi connectivity index (χ1) is 12.6. The first-order valence-corrected chi connectivity index (χ1v) is 9.79. The summed E-state index contributed by atoms with van der Waals surface area (Å²) >= 11 is 8.44. The number of halogens is 1. The van der Waals surface area contributed by atoms with Crippen molar-refractivity contribution in [2.75, 3.05) is 12.4 Å². The summed E-state index contributed by atoms with van der Waals surface area (Å²) in [5.74, 6) is -0.329. The highest BCUT2D eigenvalue weighted by atomic mass is 35.5. The molecule has 9 heteroatoms. The molecule has 0 aliphatic rings. The molecule has 0 aliphatic heterocycles. The molecule has 1 aromatic heterocycles. The summed E-state index contributed by atoms with van der Waals surface area (Å²) in [6.45, 7) is 2.06. The van der Waals surface area contributed by atoms with Crippen LogP contribution in [-0.4, -0.2) is 27.8 Å². The maximum absolute atomic E-state index is 11.6. The van der Waals surface area contributed by atoms with E-state index in [0.29, 0.717) is 22.2 Å². The molecule has 6 nitrogen and oxygen atoms in total. The number of nitrogens with zero attached hydrogens (tertiary/aromatic N) is 3. The zero-order valence-electron chi connectivity index (χ0n) is 13.7. The first-order valence-electron chi connectivity index (χ1n) is 7.65. The number of phenols is 1. The number of benzene rings is 2. The van der Waals surface area contributed by atoms with Gasteiger partial charge in [0.2, 0.25) is 0 Å². The van der Waals surface area contributed by atoms with Crippen LogP contribution in [0.15, 0.2) is 51.5 Å². The van der Waals surface area contributed by atoms with E-state index in [-0.39, 0.29) is 22.5 Å². The Morgan fingerprint density at radius 3 is 2.96 bits per heavy atom. The second kappa shape index (κ2) is 8.48. The Bertz CT molecular complexity index is 975. The van der Waals surface area contributed by atoms with Gasteiger partial charge in [-0.05, 0) is 42.7 Å². The molecule has 0 radical (unpaired) electrons. The second-order valence-electron chi connectivity index (χ2n) is 5.07. The molecule has 0 unspecified atom stereocenters. The Morgan fingerprint density at radius 1 is 1.35 bits per heavy atom. The van der Waals surface area contributed by atoms with Gasteiger partial charge in [-0.3, -0.25) is 4.79 Å². The van der Waals surface area contributed by atoms with Crippen molar-refractivity contribution in [3.63, 3.8) is 0 Å². The molecular weight excluding hydrogens is 394 g/mol.